The topological polar surface area (TPSA) is 125 Å². The number of nitrogens with zero attached hydrogens (tertiary/aromatic N) is 3. The van der Waals surface area contributed by atoms with Crippen molar-refractivity contribution in [2.75, 3.05) is 13.2 Å². The Morgan fingerprint density at radius 1 is 1.48 bits per heavy atom. The molecule has 0 radical (unpaired) electrons. The number of carbonyl (C=O) groups excluding carboxylic acids is 1. The van der Waals surface area contributed by atoms with Gasteiger partial charge in [-0.15, -0.1) is 0 Å². The summed E-state index contributed by atoms with van der Waals surface area (Å²) in [4.78, 5) is 33.9. The van der Waals surface area contributed by atoms with Crippen LogP contribution in [0.3, 0.4) is 0 Å². The van der Waals surface area contributed by atoms with Crippen molar-refractivity contribution in [1.29, 1.82) is 0 Å². The van der Waals surface area contributed by atoms with Crippen LogP contribution in [0.15, 0.2) is 17.4 Å². The molecule has 124 valence electrons. The fourth-order valence-electron chi connectivity index (χ4n) is 2.59. The number of carbonyl (C=O) groups is 1. The number of hydrogen-bond donors (Lipinski definition) is 2. The van der Waals surface area contributed by atoms with E-state index in [0.29, 0.717) is 25.0 Å². The van der Waals surface area contributed by atoms with E-state index < -0.39 is 0 Å². The summed E-state index contributed by atoms with van der Waals surface area (Å²) in [6.45, 7) is 0.692. The van der Waals surface area contributed by atoms with Gasteiger partial charge in [0.15, 0.2) is 11.2 Å². The van der Waals surface area contributed by atoms with Gasteiger partial charge in [0.2, 0.25) is 0 Å². The van der Waals surface area contributed by atoms with Gasteiger partial charge in [0.25, 0.3) is 5.56 Å². The Bertz CT molecular complexity index is 740. The number of aromatic amines is 1. The van der Waals surface area contributed by atoms with Crippen molar-refractivity contribution in [3.63, 3.8) is 0 Å². The number of rotatable bonds is 6. The molecule has 0 aliphatic carbocycles. The van der Waals surface area contributed by atoms with Gasteiger partial charge < -0.3 is 20.2 Å². The lowest BCUT2D eigenvalue weighted by atomic mass is 10.2. The van der Waals surface area contributed by atoms with E-state index in [-0.39, 0.29) is 36.0 Å². The lowest BCUT2D eigenvalue weighted by Gasteiger charge is -2.15. The van der Waals surface area contributed by atoms with Gasteiger partial charge in [0.05, 0.1) is 18.8 Å². The monoisotopic (exact) mass is 321 g/mol. The van der Waals surface area contributed by atoms with Crippen LogP contribution >= 0.6 is 0 Å². The van der Waals surface area contributed by atoms with Crippen LogP contribution in [0.5, 0.6) is 0 Å². The SMILES string of the molecule is NCCCC(=O)OC[C@@H]1CC[C@H](n2cnc3c(=O)[nH]cnc32)O1. The fourth-order valence-corrected chi connectivity index (χ4v) is 2.59. The average molecular weight is 321 g/mol. The molecule has 2 aromatic rings. The lowest BCUT2D eigenvalue weighted by Crippen LogP contribution is -2.20. The van der Waals surface area contributed by atoms with Crippen LogP contribution in [0.2, 0.25) is 0 Å². The van der Waals surface area contributed by atoms with Gasteiger partial charge in [0.1, 0.15) is 12.8 Å². The van der Waals surface area contributed by atoms with Crippen molar-refractivity contribution >= 4 is 17.1 Å². The Labute approximate surface area is 131 Å². The highest BCUT2D eigenvalue weighted by molar-refractivity contribution is 5.69. The summed E-state index contributed by atoms with van der Waals surface area (Å²) in [5.41, 5.74) is 5.84. The van der Waals surface area contributed by atoms with Gasteiger partial charge >= 0.3 is 5.97 Å². The predicted octanol–water partition coefficient (Wildman–Crippen LogP) is 0.0793. The van der Waals surface area contributed by atoms with Gasteiger partial charge in [-0.25, -0.2) is 9.97 Å². The van der Waals surface area contributed by atoms with Gasteiger partial charge in [-0.2, -0.15) is 0 Å². The van der Waals surface area contributed by atoms with E-state index in [4.69, 9.17) is 15.2 Å². The molecule has 2 atom stereocenters. The second-order valence-electron chi connectivity index (χ2n) is 5.42. The van der Waals surface area contributed by atoms with Gasteiger partial charge in [0, 0.05) is 6.42 Å². The minimum atomic E-state index is -0.280. The van der Waals surface area contributed by atoms with E-state index in [0.717, 1.165) is 12.8 Å². The third-order valence-electron chi connectivity index (χ3n) is 3.78. The molecular weight excluding hydrogens is 302 g/mol. The number of ether oxygens (including phenoxy) is 2. The maximum atomic E-state index is 11.7. The molecule has 0 amide bonds. The van der Waals surface area contributed by atoms with Crippen LogP contribution in [0, 0.1) is 0 Å². The third kappa shape index (κ3) is 3.40. The molecule has 2 aromatic heterocycles. The van der Waals surface area contributed by atoms with Crippen molar-refractivity contribution in [2.45, 2.75) is 38.0 Å². The van der Waals surface area contributed by atoms with Crippen molar-refractivity contribution in [3.8, 4) is 0 Å². The molecule has 0 unspecified atom stereocenters. The first-order valence-electron chi connectivity index (χ1n) is 7.60. The van der Waals surface area contributed by atoms with Crippen LogP contribution < -0.4 is 11.3 Å². The molecule has 1 fully saturated rings. The zero-order valence-electron chi connectivity index (χ0n) is 12.6. The summed E-state index contributed by atoms with van der Waals surface area (Å²) in [6.07, 6.45) is 4.91. The van der Waals surface area contributed by atoms with Crippen molar-refractivity contribution in [3.05, 3.63) is 23.0 Å². The molecule has 0 aromatic carbocycles. The Hall–Kier alpha value is -2.26. The summed E-state index contributed by atoms with van der Waals surface area (Å²) < 4.78 is 12.8. The fraction of sp³-hybridized carbons (Fsp3) is 0.571. The zero-order valence-corrected chi connectivity index (χ0v) is 12.6. The summed E-state index contributed by atoms with van der Waals surface area (Å²) >= 11 is 0. The molecule has 23 heavy (non-hydrogen) atoms. The van der Waals surface area contributed by atoms with E-state index in [1.54, 1.807) is 10.9 Å². The van der Waals surface area contributed by atoms with E-state index in [2.05, 4.69) is 15.0 Å². The summed E-state index contributed by atoms with van der Waals surface area (Å²) in [7, 11) is 0. The highest BCUT2D eigenvalue weighted by Crippen LogP contribution is 2.29. The first-order valence-corrected chi connectivity index (χ1v) is 7.60. The zero-order chi connectivity index (χ0) is 16.2. The average Bonchev–Trinajstić information content (AvgIpc) is 3.18. The third-order valence-corrected chi connectivity index (χ3v) is 3.78. The molecule has 3 rings (SSSR count). The highest BCUT2D eigenvalue weighted by Gasteiger charge is 2.29. The Morgan fingerprint density at radius 2 is 2.35 bits per heavy atom. The molecule has 1 aliphatic heterocycles. The number of fused-ring (bicyclic) bond motifs is 1. The molecule has 3 N–H and O–H groups in total. The molecule has 0 spiro atoms. The normalized spacial score (nSPS) is 20.9. The smallest absolute Gasteiger partial charge is 0.305 e. The highest BCUT2D eigenvalue weighted by atomic mass is 16.6. The van der Waals surface area contributed by atoms with E-state index in [9.17, 15) is 9.59 Å². The maximum absolute atomic E-state index is 11.7. The van der Waals surface area contributed by atoms with Crippen LogP contribution in [0.4, 0.5) is 0 Å². The number of aromatic nitrogens is 4. The number of nitrogens with one attached hydrogen (secondary N) is 1. The van der Waals surface area contributed by atoms with Crippen LogP contribution in [-0.4, -0.2) is 44.7 Å². The van der Waals surface area contributed by atoms with Gasteiger partial charge in [-0.3, -0.25) is 14.2 Å². The van der Waals surface area contributed by atoms with E-state index >= 15 is 0 Å². The van der Waals surface area contributed by atoms with Crippen LogP contribution in [0.25, 0.3) is 11.2 Å². The molecule has 0 bridgehead atoms. The summed E-state index contributed by atoms with van der Waals surface area (Å²) in [5.74, 6) is -0.260. The number of hydrogen-bond acceptors (Lipinski definition) is 7. The van der Waals surface area contributed by atoms with Crippen LogP contribution in [0.1, 0.15) is 31.9 Å². The first kappa shape index (κ1) is 15.6. The van der Waals surface area contributed by atoms with Crippen molar-refractivity contribution in [1.82, 2.24) is 19.5 Å². The molecule has 1 aliphatic rings. The van der Waals surface area contributed by atoms with Crippen molar-refractivity contribution < 1.29 is 14.3 Å². The standard InChI is InChI=1S/C14H19N5O4/c15-5-1-2-11(20)22-6-9-3-4-10(23-9)19-8-18-12-13(19)16-7-17-14(12)21/h7-10H,1-6,15H2,(H,16,17,21)/t9-,10+/m0/s1. The minimum absolute atomic E-state index is 0.165. The minimum Gasteiger partial charge on any atom is -0.463 e. The van der Waals surface area contributed by atoms with E-state index in [1.165, 1.54) is 6.33 Å². The first-order chi connectivity index (χ1) is 11.2. The van der Waals surface area contributed by atoms with Crippen molar-refractivity contribution in [2.24, 2.45) is 5.73 Å². The number of H-pyrrole nitrogens is 1. The Morgan fingerprint density at radius 3 is 3.17 bits per heavy atom. The Balaban J connectivity index is 1.60. The second-order valence-corrected chi connectivity index (χ2v) is 5.42. The molecule has 9 heteroatoms. The molecule has 3 heterocycles. The van der Waals surface area contributed by atoms with Crippen LogP contribution in [-0.2, 0) is 14.3 Å². The number of nitrogens with two attached hydrogens (primary N) is 1. The quantitative estimate of drug-likeness (QED) is 0.722. The maximum Gasteiger partial charge on any atom is 0.305 e. The largest absolute Gasteiger partial charge is 0.463 e. The summed E-state index contributed by atoms with van der Waals surface area (Å²) in [5, 5.41) is 0. The summed E-state index contributed by atoms with van der Waals surface area (Å²) in [6, 6.07) is 0. The number of esters is 1. The number of imidazole rings is 1. The van der Waals surface area contributed by atoms with Gasteiger partial charge in [-0.1, -0.05) is 0 Å². The molecule has 0 saturated carbocycles. The second kappa shape index (κ2) is 6.88. The predicted molar refractivity (Wildman–Crippen MR) is 80.5 cm³/mol. The molecule has 9 nitrogen and oxygen atoms in total. The molecule has 1 saturated heterocycles. The van der Waals surface area contributed by atoms with E-state index in [1.807, 2.05) is 0 Å². The lowest BCUT2D eigenvalue weighted by molar-refractivity contribution is -0.148. The van der Waals surface area contributed by atoms with Gasteiger partial charge in [-0.05, 0) is 25.8 Å². The Kier molecular flexibility index (Phi) is 4.68. The molecular formula is C14H19N5O4.